The SMILES string of the molecule is NCCCCC(NC(=O)C(N)CC(=O)O)C(=O)NC(Cc1ccccc1)C(=O)NC(CC(N)=O)C(=O)O. The molecule has 204 valence electrons. The van der Waals surface area contributed by atoms with Gasteiger partial charge in [-0.3, -0.25) is 24.0 Å². The van der Waals surface area contributed by atoms with E-state index in [1.807, 2.05) is 0 Å². The van der Waals surface area contributed by atoms with Gasteiger partial charge in [0.2, 0.25) is 23.6 Å². The monoisotopic (exact) mass is 522 g/mol. The third kappa shape index (κ3) is 12.0. The maximum absolute atomic E-state index is 13.1. The van der Waals surface area contributed by atoms with Crippen LogP contribution in [0.1, 0.15) is 37.7 Å². The summed E-state index contributed by atoms with van der Waals surface area (Å²) in [6, 6.07) is 3.06. The number of nitrogens with one attached hydrogen (secondary N) is 3. The molecule has 4 atom stereocenters. The molecule has 11 N–H and O–H groups in total. The molecule has 0 bridgehead atoms. The first-order valence-corrected chi connectivity index (χ1v) is 11.6. The summed E-state index contributed by atoms with van der Waals surface area (Å²) in [5.74, 6) is -6.26. The maximum Gasteiger partial charge on any atom is 0.326 e. The number of rotatable bonds is 17. The van der Waals surface area contributed by atoms with Gasteiger partial charge in [-0.1, -0.05) is 30.3 Å². The minimum atomic E-state index is -1.62. The molecule has 14 nitrogen and oxygen atoms in total. The Hall–Kier alpha value is -4.04. The number of carbonyl (C=O) groups excluding carboxylic acids is 4. The van der Waals surface area contributed by atoms with Crippen molar-refractivity contribution in [2.24, 2.45) is 17.2 Å². The number of amides is 4. The standard InChI is InChI=1S/C23H34N6O8/c24-9-5-4-8-15(27-20(33)14(25)11-19(31)32)21(34)28-16(10-13-6-2-1-3-7-13)22(35)29-17(23(36)37)12-18(26)30/h1-3,6-7,14-17H,4-5,8-12,24-25H2,(H2,26,30)(H,27,33)(H,28,34)(H,29,35)(H,31,32)(H,36,37). The molecule has 0 aromatic heterocycles. The largest absolute Gasteiger partial charge is 0.481 e. The third-order valence-electron chi connectivity index (χ3n) is 5.25. The molecule has 1 rings (SSSR count). The normalized spacial score (nSPS) is 13.9. The summed E-state index contributed by atoms with van der Waals surface area (Å²) in [6.07, 6.45) is -0.276. The summed E-state index contributed by atoms with van der Waals surface area (Å²) >= 11 is 0. The van der Waals surface area contributed by atoms with Crippen molar-refractivity contribution in [2.45, 2.75) is 62.7 Å². The Bertz CT molecular complexity index is 958. The zero-order valence-electron chi connectivity index (χ0n) is 20.2. The summed E-state index contributed by atoms with van der Waals surface area (Å²) in [6.45, 7) is 0.330. The minimum absolute atomic E-state index is 0.0384. The van der Waals surface area contributed by atoms with Crippen LogP contribution in [0.3, 0.4) is 0 Å². The zero-order chi connectivity index (χ0) is 28.0. The lowest BCUT2D eigenvalue weighted by molar-refractivity contribution is -0.143. The highest BCUT2D eigenvalue weighted by Crippen LogP contribution is 2.08. The van der Waals surface area contributed by atoms with E-state index in [1.165, 1.54) is 0 Å². The van der Waals surface area contributed by atoms with Gasteiger partial charge >= 0.3 is 11.9 Å². The number of hydrogen-bond acceptors (Lipinski definition) is 8. The van der Waals surface area contributed by atoms with E-state index in [-0.39, 0.29) is 12.8 Å². The second-order valence-corrected chi connectivity index (χ2v) is 8.37. The van der Waals surface area contributed by atoms with Crippen molar-refractivity contribution < 1.29 is 39.0 Å². The first kappa shape index (κ1) is 31.0. The van der Waals surface area contributed by atoms with Crippen molar-refractivity contribution in [2.75, 3.05) is 6.54 Å². The number of aliphatic carboxylic acids is 2. The molecule has 0 saturated heterocycles. The van der Waals surface area contributed by atoms with E-state index >= 15 is 0 Å². The molecule has 0 fully saturated rings. The Morgan fingerprint density at radius 3 is 1.89 bits per heavy atom. The van der Waals surface area contributed by atoms with Crippen molar-refractivity contribution >= 4 is 35.6 Å². The van der Waals surface area contributed by atoms with Crippen LogP contribution in [0.25, 0.3) is 0 Å². The van der Waals surface area contributed by atoms with Gasteiger partial charge in [-0.15, -0.1) is 0 Å². The van der Waals surface area contributed by atoms with E-state index in [0.29, 0.717) is 24.9 Å². The molecule has 0 aliphatic rings. The van der Waals surface area contributed by atoms with Crippen LogP contribution in [-0.4, -0.2) is 76.5 Å². The Labute approximate surface area is 213 Å². The number of primary amides is 1. The van der Waals surface area contributed by atoms with Gasteiger partial charge in [0.05, 0.1) is 18.9 Å². The second kappa shape index (κ2) is 15.9. The van der Waals surface area contributed by atoms with Gasteiger partial charge in [0.15, 0.2) is 0 Å². The Balaban J connectivity index is 3.13. The van der Waals surface area contributed by atoms with E-state index in [1.54, 1.807) is 30.3 Å². The van der Waals surface area contributed by atoms with Gasteiger partial charge in [-0.25, -0.2) is 4.79 Å². The minimum Gasteiger partial charge on any atom is -0.481 e. The highest BCUT2D eigenvalue weighted by molar-refractivity contribution is 5.95. The molecule has 1 aromatic carbocycles. The lowest BCUT2D eigenvalue weighted by atomic mass is 10.0. The van der Waals surface area contributed by atoms with E-state index in [9.17, 15) is 33.9 Å². The molecule has 14 heteroatoms. The number of hydrogen-bond donors (Lipinski definition) is 8. The molecule has 1 aromatic rings. The smallest absolute Gasteiger partial charge is 0.326 e. The highest BCUT2D eigenvalue weighted by atomic mass is 16.4. The van der Waals surface area contributed by atoms with Gasteiger partial charge in [-0.05, 0) is 31.4 Å². The molecule has 4 amide bonds. The van der Waals surface area contributed by atoms with Crippen molar-refractivity contribution in [1.82, 2.24) is 16.0 Å². The number of nitrogens with two attached hydrogens (primary N) is 3. The van der Waals surface area contributed by atoms with Crippen LogP contribution in [0.4, 0.5) is 0 Å². The quantitative estimate of drug-likeness (QED) is 0.100. The van der Waals surface area contributed by atoms with Gasteiger partial charge in [-0.2, -0.15) is 0 Å². The molecule has 0 heterocycles. The van der Waals surface area contributed by atoms with Crippen LogP contribution < -0.4 is 33.2 Å². The lowest BCUT2D eigenvalue weighted by Crippen LogP contribution is -2.58. The summed E-state index contributed by atoms with van der Waals surface area (Å²) in [5, 5.41) is 25.3. The number of carboxylic acids is 2. The van der Waals surface area contributed by atoms with Crippen molar-refractivity contribution in [1.29, 1.82) is 0 Å². The average molecular weight is 523 g/mol. The summed E-state index contributed by atoms with van der Waals surface area (Å²) in [5.41, 5.74) is 16.8. The fourth-order valence-electron chi connectivity index (χ4n) is 3.33. The van der Waals surface area contributed by atoms with E-state index in [4.69, 9.17) is 22.3 Å². The molecule has 0 spiro atoms. The lowest BCUT2D eigenvalue weighted by Gasteiger charge is -2.25. The van der Waals surface area contributed by atoms with Crippen LogP contribution >= 0.6 is 0 Å². The fourth-order valence-corrected chi connectivity index (χ4v) is 3.33. The molecule has 0 saturated carbocycles. The van der Waals surface area contributed by atoms with Crippen LogP contribution in [0.15, 0.2) is 30.3 Å². The van der Waals surface area contributed by atoms with E-state index in [2.05, 4.69) is 16.0 Å². The third-order valence-corrected chi connectivity index (χ3v) is 5.25. The van der Waals surface area contributed by atoms with Gasteiger partial charge in [0.1, 0.15) is 18.1 Å². The summed E-state index contributed by atoms with van der Waals surface area (Å²) < 4.78 is 0. The molecule has 0 radical (unpaired) electrons. The van der Waals surface area contributed by atoms with Crippen LogP contribution in [0.5, 0.6) is 0 Å². The highest BCUT2D eigenvalue weighted by Gasteiger charge is 2.31. The van der Waals surface area contributed by atoms with Crippen molar-refractivity contribution in [3.8, 4) is 0 Å². The second-order valence-electron chi connectivity index (χ2n) is 8.37. The molecule has 37 heavy (non-hydrogen) atoms. The Kier molecular flexibility index (Phi) is 13.3. The first-order chi connectivity index (χ1) is 17.4. The van der Waals surface area contributed by atoms with E-state index in [0.717, 1.165) is 0 Å². The van der Waals surface area contributed by atoms with Crippen LogP contribution in [0, 0.1) is 0 Å². The molecule has 0 aliphatic heterocycles. The van der Waals surface area contributed by atoms with Crippen LogP contribution in [-0.2, 0) is 35.2 Å². The van der Waals surface area contributed by atoms with Gasteiger partial charge < -0.3 is 43.4 Å². The molecule has 0 aliphatic carbocycles. The van der Waals surface area contributed by atoms with Crippen molar-refractivity contribution in [3.63, 3.8) is 0 Å². The molecular formula is C23H34N6O8. The summed E-state index contributed by atoms with van der Waals surface area (Å²) in [7, 11) is 0. The zero-order valence-corrected chi connectivity index (χ0v) is 20.2. The summed E-state index contributed by atoms with van der Waals surface area (Å²) in [4.78, 5) is 72.0. The topological polar surface area (TPSA) is 257 Å². The van der Waals surface area contributed by atoms with Gasteiger partial charge in [0.25, 0.3) is 0 Å². The average Bonchev–Trinajstić information content (AvgIpc) is 2.82. The number of carbonyl (C=O) groups is 6. The number of benzene rings is 1. The fraction of sp³-hybridized carbons (Fsp3) is 0.478. The predicted molar refractivity (Wildman–Crippen MR) is 131 cm³/mol. The van der Waals surface area contributed by atoms with E-state index < -0.39 is 72.6 Å². The number of unbranched alkanes of at least 4 members (excludes halogenated alkanes) is 1. The van der Waals surface area contributed by atoms with Crippen molar-refractivity contribution in [3.05, 3.63) is 35.9 Å². The Morgan fingerprint density at radius 2 is 1.35 bits per heavy atom. The molecular weight excluding hydrogens is 488 g/mol. The van der Waals surface area contributed by atoms with Gasteiger partial charge in [0, 0.05) is 6.42 Å². The first-order valence-electron chi connectivity index (χ1n) is 11.6. The maximum atomic E-state index is 13.1. The predicted octanol–water partition coefficient (Wildman–Crippen LogP) is -2.43. The molecule has 4 unspecified atom stereocenters. The number of carboxylic acid groups (broad SMARTS) is 2. The Morgan fingerprint density at radius 1 is 0.784 bits per heavy atom. The van der Waals surface area contributed by atoms with Crippen LogP contribution in [0.2, 0.25) is 0 Å².